The Morgan fingerprint density at radius 3 is 2.11 bits per heavy atom. The van der Waals surface area contributed by atoms with Gasteiger partial charge in [0.25, 0.3) is 0 Å². The minimum atomic E-state index is -0.974. The van der Waals surface area contributed by atoms with Crippen LogP contribution in [-0.2, 0) is 14.3 Å². The van der Waals surface area contributed by atoms with Gasteiger partial charge in [-0.05, 0) is 20.8 Å². The molecule has 5 nitrogen and oxygen atoms in total. The Morgan fingerprint density at radius 1 is 1.28 bits per heavy atom. The first-order valence-electron chi connectivity index (χ1n) is 5.76. The van der Waals surface area contributed by atoms with Crippen molar-refractivity contribution in [3.8, 4) is 0 Å². The lowest BCUT2D eigenvalue weighted by molar-refractivity contribution is -0.171. The van der Waals surface area contributed by atoms with Crippen molar-refractivity contribution in [2.75, 3.05) is 6.61 Å². The van der Waals surface area contributed by atoms with E-state index >= 15 is 0 Å². The van der Waals surface area contributed by atoms with E-state index in [1.54, 1.807) is 0 Å². The molecule has 0 aliphatic rings. The van der Waals surface area contributed by atoms with E-state index in [-0.39, 0.29) is 12.2 Å². The fourth-order valence-electron chi connectivity index (χ4n) is 1.35. The summed E-state index contributed by atoms with van der Waals surface area (Å²) in [5.41, 5.74) is 0.216. The summed E-state index contributed by atoms with van der Waals surface area (Å²) in [6, 6.07) is 0. The second kappa shape index (κ2) is 8.02. The van der Waals surface area contributed by atoms with Gasteiger partial charge < -0.3 is 19.7 Å². The van der Waals surface area contributed by atoms with Crippen LogP contribution in [-0.4, -0.2) is 47.2 Å². The second-order valence-electron chi connectivity index (χ2n) is 4.22. The van der Waals surface area contributed by atoms with Gasteiger partial charge in [-0.15, -0.1) is 6.58 Å². The van der Waals surface area contributed by atoms with Crippen LogP contribution in [0.3, 0.4) is 0 Å². The third-order valence-corrected chi connectivity index (χ3v) is 2.27. The van der Waals surface area contributed by atoms with Crippen LogP contribution in [0.2, 0.25) is 0 Å². The summed E-state index contributed by atoms with van der Waals surface area (Å²) in [4.78, 5) is 11.5. The molecule has 5 heteroatoms. The summed E-state index contributed by atoms with van der Waals surface area (Å²) >= 11 is 0. The van der Waals surface area contributed by atoms with Crippen LogP contribution in [0.15, 0.2) is 24.8 Å². The van der Waals surface area contributed by atoms with Crippen molar-refractivity contribution in [2.45, 2.75) is 45.2 Å². The maximum absolute atomic E-state index is 11.5. The summed E-state index contributed by atoms with van der Waals surface area (Å²) in [5.74, 6) is -0.631. The Morgan fingerprint density at radius 2 is 1.78 bits per heavy atom. The number of aliphatic hydroxyl groups excluding tert-OH is 2. The molecule has 0 rings (SSSR count). The lowest BCUT2D eigenvalue weighted by Crippen LogP contribution is -2.47. The topological polar surface area (TPSA) is 76.0 Å². The summed E-state index contributed by atoms with van der Waals surface area (Å²) in [5, 5.41) is 19.3. The number of carbonyl (C=O) groups is 1. The number of carbonyl (C=O) groups excluding carboxylic acids is 1. The third kappa shape index (κ3) is 5.44. The molecule has 0 aromatic carbocycles. The molecule has 0 heterocycles. The van der Waals surface area contributed by atoms with Crippen molar-refractivity contribution >= 4 is 5.97 Å². The molecule has 0 saturated carbocycles. The van der Waals surface area contributed by atoms with E-state index < -0.39 is 30.4 Å². The summed E-state index contributed by atoms with van der Waals surface area (Å²) in [7, 11) is 0. The molecular formula is C13H22O5. The minimum Gasteiger partial charge on any atom is -0.453 e. The van der Waals surface area contributed by atoms with Crippen molar-refractivity contribution in [2.24, 2.45) is 0 Å². The van der Waals surface area contributed by atoms with Crippen LogP contribution in [0, 0.1) is 0 Å². The molecule has 0 aromatic heterocycles. The van der Waals surface area contributed by atoms with E-state index in [0.29, 0.717) is 0 Å². The SMILES string of the molecule is C=CCOC(C(C)O)C(OC(=O)C(=C)C)C(C)O. The van der Waals surface area contributed by atoms with Gasteiger partial charge in [0, 0.05) is 5.57 Å². The Hall–Kier alpha value is -1.17. The van der Waals surface area contributed by atoms with Gasteiger partial charge in [0.15, 0.2) is 6.10 Å². The average Bonchev–Trinajstić information content (AvgIpc) is 2.26. The molecule has 0 saturated heterocycles. The Bertz CT molecular complexity index is 296. The lowest BCUT2D eigenvalue weighted by Gasteiger charge is -2.30. The first-order chi connectivity index (χ1) is 8.31. The molecule has 0 aliphatic heterocycles. The quantitative estimate of drug-likeness (QED) is 0.383. The molecule has 0 bridgehead atoms. The monoisotopic (exact) mass is 258 g/mol. The van der Waals surface area contributed by atoms with Gasteiger partial charge >= 0.3 is 5.97 Å². The highest BCUT2D eigenvalue weighted by atomic mass is 16.6. The summed E-state index contributed by atoms with van der Waals surface area (Å²) in [6.07, 6.45) is -2.16. The zero-order valence-electron chi connectivity index (χ0n) is 11.1. The number of ether oxygens (including phenoxy) is 2. The molecule has 104 valence electrons. The van der Waals surface area contributed by atoms with E-state index in [1.165, 1.54) is 26.8 Å². The first kappa shape index (κ1) is 16.8. The van der Waals surface area contributed by atoms with E-state index in [2.05, 4.69) is 13.2 Å². The van der Waals surface area contributed by atoms with E-state index in [0.717, 1.165) is 0 Å². The maximum atomic E-state index is 11.5. The molecule has 0 aliphatic carbocycles. The smallest absolute Gasteiger partial charge is 0.333 e. The minimum absolute atomic E-state index is 0.184. The number of aliphatic hydroxyl groups is 2. The number of hydrogen-bond acceptors (Lipinski definition) is 5. The van der Waals surface area contributed by atoms with E-state index in [4.69, 9.17) is 9.47 Å². The second-order valence-corrected chi connectivity index (χ2v) is 4.22. The highest BCUT2D eigenvalue weighted by Gasteiger charge is 2.33. The van der Waals surface area contributed by atoms with Gasteiger partial charge in [0.1, 0.15) is 6.10 Å². The van der Waals surface area contributed by atoms with Crippen LogP contribution in [0.4, 0.5) is 0 Å². The van der Waals surface area contributed by atoms with Gasteiger partial charge in [-0.1, -0.05) is 12.7 Å². The van der Waals surface area contributed by atoms with Crippen molar-refractivity contribution in [1.82, 2.24) is 0 Å². The largest absolute Gasteiger partial charge is 0.453 e. The molecule has 18 heavy (non-hydrogen) atoms. The molecular weight excluding hydrogens is 236 g/mol. The van der Waals surface area contributed by atoms with Crippen LogP contribution >= 0.6 is 0 Å². The molecule has 0 aromatic rings. The van der Waals surface area contributed by atoms with Gasteiger partial charge in [-0.25, -0.2) is 4.79 Å². The molecule has 0 amide bonds. The fraction of sp³-hybridized carbons (Fsp3) is 0.615. The van der Waals surface area contributed by atoms with E-state index in [1.807, 2.05) is 0 Å². The molecule has 0 spiro atoms. The Labute approximate surface area is 108 Å². The number of rotatable bonds is 8. The standard InChI is InChI=1S/C13H22O5/c1-6-7-17-11(9(4)14)12(10(5)15)18-13(16)8(2)3/h6,9-12,14-15H,1-2,7H2,3-5H3. The zero-order valence-corrected chi connectivity index (χ0v) is 11.1. The van der Waals surface area contributed by atoms with Gasteiger partial charge in [0.05, 0.1) is 18.8 Å². The first-order valence-corrected chi connectivity index (χ1v) is 5.76. The molecule has 2 N–H and O–H groups in total. The predicted octanol–water partition coefficient (Wildman–Crippen LogP) is 0.807. The third-order valence-electron chi connectivity index (χ3n) is 2.27. The normalized spacial score (nSPS) is 17.4. The highest BCUT2D eigenvalue weighted by Crippen LogP contribution is 2.15. The molecule has 4 atom stereocenters. The Balaban J connectivity index is 4.85. The molecule has 0 fully saturated rings. The van der Waals surface area contributed by atoms with E-state index in [9.17, 15) is 15.0 Å². The van der Waals surface area contributed by atoms with Crippen LogP contribution < -0.4 is 0 Å². The van der Waals surface area contributed by atoms with Crippen molar-refractivity contribution < 1.29 is 24.5 Å². The average molecular weight is 258 g/mol. The van der Waals surface area contributed by atoms with Crippen LogP contribution in [0.1, 0.15) is 20.8 Å². The number of esters is 1. The maximum Gasteiger partial charge on any atom is 0.333 e. The molecule has 4 unspecified atom stereocenters. The van der Waals surface area contributed by atoms with Gasteiger partial charge in [-0.3, -0.25) is 0 Å². The zero-order chi connectivity index (χ0) is 14.3. The fourth-order valence-corrected chi connectivity index (χ4v) is 1.35. The van der Waals surface area contributed by atoms with Crippen LogP contribution in [0.5, 0.6) is 0 Å². The Kier molecular flexibility index (Phi) is 7.50. The van der Waals surface area contributed by atoms with Gasteiger partial charge in [0.2, 0.25) is 0 Å². The van der Waals surface area contributed by atoms with Crippen LogP contribution in [0.25, 0.3) is 0 Å². The predicted molar refractivity (Wildman–Crippen MR) is 68.0 cm³/mol. The van der Waals surface area contributed by atoms with Crippen molar-refractivity contribution in [3.63, 3.8) is 0 Å². The van der Waals surface area contributed by atoms with Crippen molar-refractivity contribution in [3.05, 3.63) is 24.8 Å². The summed E-state index contributed by atoms with van der Waals surface area (Å²) < 4.78 is 10.4. The molecule has 0 radical (unpaired) electrons. The van der Waals surface area contributed by atoms with Crippen molar-refractivity contribution in [1.29, 1.82) is 0 Å². The van der Waals surface area contributed by atoms with Gasteiger partial charge in [-0.2, -0.15) is 0 Å². The highest BCUT2D eigenvalue weighted by molar-refractivity contribution is 5.87. The summed E-state index contributed by atoms with van der Waals surface area (Å²) in [6.45, 7) is 11.6. The number of hydrogen-bond donors (Lipinski definition) is 2. The lowest BCUT2D eigenvalue weighted by atomic mass is 10.0.